The Labute approximate surface area is 245 Å². The number of ether oxygens (including phenoxy) is 1. The number of halogens is 4. The van der Waals surface area contributed by atoms with Crippen LogP contribution in [0.4, 0.5) is 24.8 Å². The smallest absolute Gasteiger partial charge is 0.386 e. The summed E-state index contributed by atoms with van der Waals surface area (Å²) in [6, 6.07) is 4.40. The molecule has 16 heteroatoms. The highest BCUT2D eigenvalue weighted by molar-refractivity contribution is 9.10. The van der Waals surface area contributed by atoms with E-state index < -0.39 is 30.6 Å². The Balaban J connectivity index is 1.28. The number of aryl methyl sites for hydroxylation is 1. The van der Waals surface area contributed by atoms with Crippen LogP contribution in [0, 0.1) is 12.3 Å². The number of rotatable bonds is 8. The van der Waals surface area contributed by atoms with Crippen LogP contribution in [0.15, 0.2) is 35.2 Å². The number of alkyl halides is 3. The number of hydrogen-bond donors (Lipinski definition) is 2. The van der Waals surface area contributed by atoms with Crippen LogP contribution in [-0.2, 0) is 30.5 Å². The lowest BCUT2D eigenvalue weighted by molar-refractivity contribution is -0.201. The Morgan fingerprint density at radius 2 is 1.93 bits per heavy atom. The van der Waals surface area contributed by atoms with Crippen molar-refractivity contribution >= 4 is 62.2 Å². The minimum atomic E-state index is -5.28. The molecule has 0 bridgehead atoms. The molecular formula is C26H25BrF3N7O5. The van der Waals surface area contributed by atoms with E-state index in [1.807, 2.05) is 19.9 Å². The summed E-state index contributed by atoms with van der Waals surface area (Å²) in [5.41, 5.74) is 1.09. The number of pyridine rings is 2. The summed E-state index contributed by atoms with van der Waals surface area (Å²) in [6.45, 7) is 3.45. The van der Waals surface area contributed by atoms with Crippen LogP contribution in [0.5, 0.6) is 0 Å². The Hall–Kier alpha value is -4.08. The van der Waals surface area contributed by atoms with Crippen molar-refractivity contribution in [2.75, 3.05) is 17.2 Å². The molecule has 12 nitrogen and oxygen atoms in total. The van der Waals surface area contributed by atoms with Gasteiger partial charge in [0.1, 0.15) is 23.0 Å². The Morgan fingerprint density at radius 1 is 1.17 bits per heavy atom. The minimum absolute atomic E-state index is 0.0970. The largest absolute Gasteiger partial charge is 0.491 e. The number of nitrogens with zero attached hydrogens (tertiary/aromatic N) is 5. The van der Waals surface area contributed by atoms with Gasteiger partial charge in [0.05, 0.1) is 18.1 Å². The first-order chi connectivity index (χ1) is 19.8. The molecule has 2 N–H and O–H groups in total. The van der Waals surface area contributed by atoms with E-state index in [0.717, 1.165) is 12.0 Å². The van der Waals surface area contributed by atoms with E-state index >= 15 is 0 Å². The van der Waals surface area contributed by atoms with Gasteiger partial charge in [-0.05, 0) is 58.8 Å². The van der Waals surface area contributed by atoms with Gasteiger partial charge in [0, 0.05) is 24.2 Å². The van der Waals surface area contributed by atoms with Crippen molar-refractivity contribution in [1.29, 1.82) is 0 Å². The van der Waals surface area contributed by atoms with Crippen molar-refractivity contribution < 1.29 is 37.1 Å². The zero-order valence-electron chi connectivity index (χ0n) is 22.4. The summed E-state index contributed by atoms with van der Waals surface area (Å²) in [5, 5.41) is 10.6. The van der Waals surface area contributed by atoms with Gasteiger partial charge in [-0.1, -0.05) is 13.0 Å². The summed E-state index contributed by atoms with van der Waals surface area (Å²) in [6.07, 6.45) is -1.56. The van der Waals surface area contributed by atoms with E-state index in [1.165, 1.54) is 17.1 Å². The molecule has 5 rings (SSSR count). The number of hydrogen-bond acceptors (Lipinski definition) is 9. The number of likely N-dealkylation sites (tertiary alicyclic amines) is 1. The standard InChI is InChI=1S/C26H25BrF3N7O5/c1-13-3-4-18(27)33-21(13)34-23(40)15-9-25(2)10-17(25)37(15)19(38)12-36-16-11-31-7-5-14(16)22(35-36)32-8-6-20(39)42-24(41)26(28,29)30/h3-5,7,11,15,17H,6,8-10,12H2,1-2H3,(H,32,35)(H,33,34,40)/t15-,17+,25-/m0/s1. The first-order valence-corrected chi connectivity index (χ1v) is 13.7. The molecule has 1 aliphatic carbocycles. The molecule has 1 saturated carbocycles. The van der Waals surface area contributed by atoms with Crippen molar-refractivity contribution in [3.63, 3.8) is 0 Å². The topological polar surface area (TPSA) is 148 Å². The summed E-state index contributed by atoms with van der Waals surface area (Å²) in [7, 11) is 0. The van der Waals surface area contributed by atoms with E-state index in [4.69, 9.17) is 0 Å². The number of piperidine rings is 1. The van der Waals surface area contributed by atoms with Crippen LogP contribution in [0.3, 0.4) is 0 Å². The maximum atomic E-state index is 13.7. The maximum Gasteiger partial charge on any atom is 0.491 e. The summed E-state index contributed by atoms with van der Waals surface area (Å²) >= 11 is 3.30. The van der Waals surface area contributed by atoms with E-state index in [2.05, 4.69) is 46.4 Å². The molecule has 4 heterocycles. The van der Waals surface area contributed by atoms with Crippen LogP contribution in [0.25, 0.3) is 10.9 Å². The molecule has 1 aliphatic heterocycles. The predicted octanol–water partition coefficient (Wildman–Crippen LogP) is 3.35. The predicted molar refractivity (Wildman–Crippen MR) is 145 cm³/mol. The fourth-order valence-corrected chi connectivity index (χ4v) is 5.48. The molecule has 3 aromatic rings. The number of carbonyl (C=O) groups is 4. The quantitative estimate of drug-likeness (QED) is 0.212. The molecule has 3 atom stereocenters. The number of fused-ring (bicyclic) bond motifs is 2. The van der Waals surface area contributed by atoms with Gasteiger partial charge in [0.2, 0.25) is 11.8 Å². The fraction of sp³-hybridized carbons (Fsp3) is 0.423. The molecule has 0 spiro atoms. The van der Waals surface area contributed by atoms with Crippen LogP contribution in [0.1, 0.15) is 31.7 Å². The first-order valence-electron chi connectivity index (χ1n) is 12.9. The highest BCUT2D eigenvalue weighted by Crippen LogP contribution is 2.59. The van der Waals surface area contributed by atoms with Crippen LogP contribution in [-0.4, -0.2) is 73.2 Å². The number of aromatic nitrogens is 4. The van der Waals surface area contributed by atoms with Crippen molar-refractivity contribution in [2.45, 2.75) is 57.9 Å². The second-order valence-corrected chi connectivity index (χ2v) is 11.3. The van der Waals surface area contributed by atoms with Gasteiger partial charge in [-0.2, -0.15) is 18.3 Å². The number of carbonyl (C=O) groups excluding carboxylic acids is 4. The maximum absolute atomic E-state index is 13.7. The monoisotopic (exact) mass is 651 g/mol. The van der Waals surface area contributed by atoms with Gasteiger partial charge < -0.3 is 20.3 Å². The van der Waals surface area contributed by atoms with Crippen molar-refractivity contribution in [2.24, 2.45) is 5.41 Å². The fourth-order valence-electron chi connectivity index (χ4n) is 5.17. The molecule has 222 valence electrons. The summed E-state index contributed by atoms with van der Waals surface area (Å²) in [4.78, 5) is 59.5. The minimum Gasteiger partial charge on any atom is -0.386 e. The summed E-state index contributed by atoms with van der Waals surface area (Å²) < 4.78 is 42.7. The van der Waals surface area contributed by atoms with Crippen molar-refractivity contribution in [3.8, 4) is 0 Å². The van der Waals surface area contributed by atoms with Crippen molar-refractivity contribution in [3.05, 3.63) is 40.8 Å². The molecule has 2 amide bonds. The average molecular weight is 652 g/mol. The number of anilines is 2. The first kappa shape index (κ1) is 29.4. The molecule has 2 fully saturated rings. The average Bonchev–Trinajstić information content (AvgIpc) is 3.30. The SMILES string of the molecule is Cc1ccc(Br)nc1NC(=O)[C@@H]1C[C@@]2(C)C[C@H]2N1C(=O)Cn1nc(NCCC(=O)OC(=O)C(F)(F)F)c2ccncc21. The molecule has 0 radical (unpaired) electrons. The van der Waals surface area contributed by atoms with Gasteiger partial charge in [-0.15, -0.1) is 0 Å². The van der Waals surface area contributed by atoms with Crippen LogP contribution < -0.4 is 10.6 Å². The van der Waals surface area contributed by atoms with E-state index in [1.54, 1.807) is 17.0 Å². The second-order valence-electron chi connectivity index (χ2n) is 10.5. The summed E-state index contributed by atoms with van der Waals surface area (Å²) in [5.74, 6) is -3.96. The van der Waals surface area contributed by atoms with Gasteiger partial charge in [0.15, 0.2) is 5.82 Å². The van der Waals surface area contributed by atoms with Gasteiger partial charge in [0.25, 0.3) is 0 Å². The van der Waals surface area contributed by atoms with E-state index in [0.29, 0.717) is 27.7 Å². The molecule has 0 unspecified atom stereocenters. The number of amides is 2. The lowest BCUT2D eigenvalue weighted by atomic mass is 10.0. The molecule has 0 aromatic carbocycles. The normalized spacial score (nSPS) is 21.1. The third kappa shape index (κ3) is 5.93. The lowest BCUT2D eigenvalue weighted by Gasteiger charge is -2.27. The Kier molecular flexibility index (Phi) is 7.68. The highest BCUT2D eigenvalue weighted by atomic mass is 79.9. The highest BCUT2D eigenvalue weighted by Gasteiger charge is 2.64. The molecule has 3 aromatic heterocycles. The second kappa shape index (κ2) is 11.0. The molecule has 1 saturated heterocycles. The van der Waals surface area contributed by atoms with Crippen molar-refractivity contribution in [1.82, 2.24) is 24.6 Å². The van der Waals surface area contributed by atoms with Crippen LogP contribution in [0.2, 0.25) is 0 Å². The zero-order chi connectivity index (χ0) is 30.4. The molecule has 2 aliphatic rings. The van der Waals surface area contributed by atoms with Crippen LogP contribution >= 0.6 is 15.9 Å². The van der Waals surface area contributed by atoms with E-state index in [9.17, 15) is 32.3 Å². The number of nitrogens with one attached hydrogen (secondary N) is 2. The third-order valence-corrected chi connectivity index (χ3v) is 7.87. The molecular weight excluding hydrogens is 627 g/mol. The van der Waals surface area contributed by atoms with E-state index in [-0.39, 0.29) is 42.2 Å². The van der Waals surface area contributed by atoms with Gasteiger partial charge in [-0.3, -0.25) is 24.0 Å². The molecule has 42 heavy (non-hydrogen) atoms. The van der Waals surface area contributed by atoms with Gasteiger partial charge in [-0.25, -0.2) is 9.78 Å². The third-order valence-electron chi connectivity index (χ3n) is 7.43. The van der Waals surface area contributed by atoms with Gasteiger partial charge >= 0.3 is 18.1 Å². The zero-order valence-corrected chi connectivity index (χ0v) is 24.0. The number of esters is 2. The Morgan fingerprint density at radius 3 is 2.67 bits per heavy atom. The lowest BCUT2D eigenvalue weighted by Crippen LogP contribution is -2.47. The Bertz CT molecular complexity index is 1600.